The lowest BCUT2D eigenvalue weighted by Gasteiger charge is -2.26. The lowest BCUT2D eigenvalue weighted by molar-refractivity contribution is -0.145. The van der Waals surface area contributed by atoms with Crippen LogP contribution in [0.3, 0.4) is 0 Å². The molecule has 0 aliphatic carbocycles. The predicted octanol–water partition coefficient (Wildman–Crippen LogP) is 3.76. The number of nitrogens with zero attached hydrogens (tertiary/aromatic N) is 2. The maximum Gasteiger partial charge on any atom is 0.433 e. The van der Waals surface area contributed by atoms with E-state index in [1.807, 2.05) is 13.8 Å². The topological polar surface area (TPSA) is 85.3 Å². The highest BCUT2D eigenvalue weighted by Gasteiger charge is 2.40. The van der Waals surface area contributed by atoms with Crippen LogP contribution in [0.15, 0.2) is 6.20 Å². The van der Waals surface area contributed by atoms with Crippen molar-refractivity contribution in [1.82, 2.24) is 20.4 Å². The number of halogens is 3. The van der Waals surface area contributed by atoms with Gasteiger partial charge in [0.15, 0.2) is 5.69 Å². The van der Waals surface area contributed by atoms with Crippen LogP contribution in [0.1, 0.15) is 70.6 Å². The van der Waals surface area contributed by atoms with E-state index >= 15 is 0 Å². The Morgan fingerprint density at radius 1 is 1.18 bits per heavy atom. The molecule has 0 aromatic carbocycles. The van der Waals surface area contributed by atoms with Crippen LogP contribution in [-0.2, 0) is 10.9 Å². The summed E-state index contributed by atoms with van der Waals surface area (Å²) in [5.41, 5.74) is -2.34. The Morgan fingerprint density at radius 2 is 1.75 bits per heavy atom. The lowest BCUT2D eigenvalue weighted by atomic mass is 10.0. The second kappa shape index (κ2) is 8.83. The van der Waals surface area contributed by atoms with E-state index in [9.17, 15) is 22.8 Å². The lowest BCUT2D eigenvalue weighted by Crippen LogP contribution is -2.48. The fraction of sp³-hybridized carbons (Fsp3) is 0.722. The van der Waals surface area contributed by atoms with E-state index in [1.54, 1.807) is 34.6 Å². The molecule has 0 spiro atoms. The third kappa shape index (κ3) is 6.72. The molecule has 0 aliphatic heterocycles. The quantitative estimate of drug-likeness (QED) is 0.753. The van der Waals surface area contributed by atoms with Gasteiger partial charge in [0.1, 0.15) is 5.60 Å². The van der Waals surface area contributed by atoms with Crippen molar-refractivity contribution in [3.63, 3.8) is 0 Å². The molecule has 28 heavy (non-hydrogen) atoms. The molecule has 1 unspecified atom stereocenters. The summed E-state index contributed by atoms with van der Waals surface area (Å²) < 4.78 is 46.2. The van der Waals surface area contributed by atoms with Gasteiger partial charge < -0.3 is 15.4 Å². The maximum atomic E-state index is 13.4. The minimum atomic E-state index is -4.72. The van der Waals surface area contributed by atoms with Crippen LogP contribution in [0.4, 0.5) is 18.0 Å². The summed E-state index contributed by atoms with van der Waals surface area (Å²) in [4.78, 5) is 24.3. The molecular formula is C18H29F3N4O3. The molecule has 0 aliphatic rings. The van der Waals surface area contributed by atoms with Gasteiger partial charge in [-0.25, -0.2) is 4.79 Å². The van der Waals surface area contributed by atoms with Gasteiger partial charge in [0, 0.05) is 12.6 Å². The van der Waals surface area contributed by atoms with Crippen LogP contribution in [0.2, 0.25) is 0 Å². The van der Waals surface area contributed by atoms with Gasteiger partial charge >= 0.3 is 12.3 Å². The van der Waals surface area contributed by atoms with Crippen molar-refractivity contribution in [2.75, 3.05) is 6.54 Å². The standard InChI is InChI=1S/C18H29F3N4O3/c1-10(2)13(24-16(27)28-17(5,6)7)9-22-15(26)12-8-23-25(11(3)4)14(12)18(19,20)21/h8,10-11,13H,9H2,1-7H3,(H,22,26)(H,24,27). The molecule has 2 amide bonds. The van der Waals surface area contributed by atoms with Gasteiger partial charge in [-0.1, -0.05) is 13.8 Å². The Kier molecular flexibility index (Phi) is 7.50. The van der Waals surface area contributed by atoms with Crippen molar-refractivity contribution in [3.8, 4) is 0 Å². The maximum absolute atomic E-state index is 13.4. The summed E-state index contributed by atoms with van der Waals surface area (Å²) in [6, 6.07) is -1.08. The SMILES string of the molecule is CC(C)C(CNC(=O)c1cnn(C(C)C)c1C(F)(F)F)NC(=O)OC(C)(C)C. The zero-order valence-corrected chi connectivity index (χ0v) is 17.3. The number of ether oxygens (including phenoxy) is 1. The van der Waals surface area contributed by atoms with Crippen LogP contribution in [0.25, 0.3) is 0 Å². The number of alkyl carbamates (subject to hydrolysis) is 1. The van der Waals surface area contributed by atoms with Crippen LogP contribution in [-0.4, -0.2) is 40.0 Å². The van der Waals surface area contributed by atoms with E-state index in [4.69, 9.17) is 4.74 Å². The van der Waals surface area contributed by atoms with Crippen LogP contribution in [0.5, 0.6) is 0 Å². The molecule has 0 radical (unpaired) electrons. The van der Waals surface area contributed by atoms with Gasteiger partial charge in [0.05, 0.1) is 17.8 Å². The first-order valence-corrected chi connectivity index (χ1v) is 9.06. The molecule has 1 heterocycles. The Hall–Kier alpha value is -2.26. The zero-order chi connectivity index (χ0) is 21.9. The monoisotopic (exact) mass is 406 g/mol. The molecule has 0 saturated carbocycles. The minimum absolute atomic E-state index is 0.0557. The predicted molar refractivity (Wildman–Crippen MR) is 97.9 cm³/mol. The molecule has 10 heteroatoms. The van der Waals surface area contributed by atoms with Crippen molar-refractivity contribution in [2.45, 2.75) is 72.3 Å². The number of aromatic nitrogens is 2. The largest absolute Gasteiger partial charge is 0.444 e. The van der Waals surface area contributed by atoms with E-state index in [-0.39, 0.29) is 12.5 Å². The minimum Gasteiger partial charge on any atom is -0.444 e. The van der Waals surface area contributed by atoms with E-state index < -0.39 is 47.1 Å². The first-order chi connectivity index (χ1) is 12.6. The van der Waals surface area contributed by atoms with E-state index in [1.165, 1.54) is 0 Å². The number of nitrogens with one attached hydrogen (secondary N) is 2. The molecule has 0 bridgehead atoms. The average molecular weight is 406 g/mol. The number of hydrogen-bond acceptors (Lipinski definition) is 4. The van der Waals surface area contributed by atoms with Crippen LogP contribution < -0.4 is 10.6 Å². The Labute approximate surface area is 163 Å². The average Bonchev–Trinajstić information content (AvgIpc) is 2.94. The smallest absolute Gasteiger partial charge is 0.433 e. The Morgan fingerprint density at radius 3 is 2.18 bits per heavy atom. The summed E-state index contributed by atoms with van der Waals surface area (Å²) in [5.74, 6) is -0.996. The summed E-state index contributed by atoms with van der Waals surface area (Å²) in [6.07, 6.45) is -4.48. The van der Waals surface area contributed by atoms with Gasteiger partial charge in [0.2, 0.25) is 0 Å². The van der Waals surface area contributed by atoms with Gasteiger partial charge in [-0.05, 0) is 40.5 Å². The molecular weight excluding hydrogens is 377 g/mol. The molecule has 1 rings (SSSR count). The third-order valence-electron chi connectivity index (χ3n) is 3.79. The summed E-state index contributed by atoms with van der Waals surface area (Å²) in [7, 11) is 0. The first-order valence-electron chi connectivity index (χ1n) is 9.06. The van der Waals surface area contributed by atoms with E-state index in [0.29, 0.717) is 0 Å². The van der Waals surface area contributed by atoms with Crippen molar-refractivity contribution in [2.24, 2.45) is 5.92 Å². The van der Waals surface area contributed by atoms with Crippen molar-refractivity contribution in [1.29, 1.82) is 0 Å². The van der Waals surface area contributed by atoms with Crippen molar-refractivity contribution in [3.05, 3.63) is 17.5 Å². The fourth-order valence-electron chi connectivity index (χ4n) is 2.41. The molecule has 1 atom stereocenters. The number of amides is 2. The number of rotatable bonds is 6. The summed E-state index contributed by atoms with van der Waals surface area (Å²) in [6.45, 7) is 11.8. The Balaban J connectivity index is 2.91. The second-order valence-corrected chi connectivity index (χ2v) is 8.15. The molecule has 7 nitrogen and oxygen atoms in total. The van der Waals surface area contributed by atoms with Crippen LogP contribution >= 0.6 is 0 Å². The zero-order valence-electron chi connectivity index (χ0n) is 17.3. The number of carbonyl (C=O) groups excluding carboxylic acids is 2. The summed E-state index contributed by atoms with van der Waals surface area (Å²) in [5, 5.41) is 8.78. The highest BCUT2D eigenvalue weighted by Crippen LogP contribution is 2.33. The highest BCUT2D eigenvalue weighted by molar-refractivity contribution is 5.95. The summed E-state index contributed by atoms with van der Waals surface area (Å²) >= 11 is 0. The first kappa shape index (κ1) is 23.8. The fourth-order valence-corrected chi connectivity index (χ4v) is 2.41. The van der Waals surface area contributed by atoms with E-state index in [0.717, 1.165) is 10.9 Å². The number of hydrogen-bond donors (Lipinski definition) is 2. The molecule has 1 aromatic heterocycles. The second-order valence-electron chi connectivity index (χ2n) is 8.15. The molecule has 160 valence electrons. The highest BCUT2D eigenvalue weighted by atomic mass is 19.4. The molecule has 1 aromatic rings. The van der Waals surface area contributed by atoms with Crippen molar-refractivity contribution < 1.29 is 27.5 Å². The van der Waals surface area contributed by atoms with Gasteiger partial charge in [-0.15, -0.1) is 0 Å². The normalized spacial score (nSPS) is 13.6. The van der Waals surface area contributed by atoms with E-state index in [2.05, 4.69) is 15.7 Å². The Bertz CT molecular complexity index is 691. The van der Waals surface area contributed by atoms with Gasteiger partial charge in [0.25, 0.3) is 5.91 Å². The third-order valence-corrected chi connectivity index (χ3v) is 3.79. The van der Waals surface area contributed by atoms with Gasteiger partial charge in [-0.2, -0.15) is 18.3 Å². The number of carbonyl (C=O) groups is 2. The molecule has 2 N–H and O–H groups in total. The number of alkyl halides is 3. The molecule has 0 fully saturated rings. The van der Waals surface area contributed by atoms with Gasteiger partial charge in [-0.3, -0.25) is 9.48 Å². The van der Waals surface area contributed by atoms with Crippen molar-refractivity contribution >= 4 is 12.0 Å². The molecule has 0 saturated heterocycles. The van der Waals surface area contributed by atoms with Crippen LogP contribution in [0, 0.1) is 5.92 Å².